The van der Waals surface area contributed by atoms with Crippen molar-refractivity contribution in [3.8, 4) is 16.9 Å². The Labute approximate surface area is 185 Å². The van der Waals surface area contributed by atoms with Gasteiger partial charge in [-0.05, 0) is 37.6 Å². The molecule has 0 aliphatic carbocycles. The molecule has 0 saturated carbocycles. The number of methoxy groups -OCH3 is 1. The third-order valence-electron chi connectivity index (χ3n) is 4.26. The van der Waals surface area contributed by atoms with Crippen LogP contribution in [0.3, 0.4) is 0 Å². The minimum Gasteiger partial charge on any atom is -0.494 e. The average Bonchev–Trinajstić information content (AvgIpc) is 3.10. The van der Waals surface area contributed by atoms with Gasteiger partial charge in [0.05, 0.1) is 24.6 Å². The normalized spacial score (nSPS) is 11.0. The van der Waals surface area contributed by atoms with E-state index in [9.17, 15) is 4.79 Å². The summed E-state index contributed by atoms with van der Waals surface area (Å²) < 4.78 is 5.40. The van der Waals surface area contributed by atoms with Crippen LogP contribution in [0, 0.1) is 13.8 Å². The van der Waals surface area contributed by atoms with E-state index in [2.05, 4.69) is 30.2 Å². The minimum absolute atomic E-state index is 0.133. The fourth-order valence-electron chi connectivity index (χ4n) is 2.90. The number of carbonyl (C=O) groups excluding carboxylic acids is 1. The Bertz CT molecular complexity index is 1290. The first-order valence-corrected chi connectivity index (χ1v) is 10.2. The number of pyridine rings is 2. The van der Waals surface area contributed by atoms with E-state index < -0.39 is 0 Å². The number of fused-ring (bicyclic) bond motifs is 1. The first-order valence-electron chi connectivity index (χ1n) is 8.64. The van der Waals surface area contributed by atoms with E-state index in [0.29, 0.717) is 43.6 Å². The molecule has 0 unspecified atom stereocenters. The van der Waals surface area contributed by atoms with Crippen molar-refractivity contribution in [2.24, 2.45) is 0 Å². The SMILES string of the molecule is COc1cnc(Cl)cc1-c1cc(C)ncc1C(=O)Nc1nc2c(C)nc(Cl)nc2s1. The lowest BCUT2D eigenvalue weighted by molar-refractivity contribution is 0.102. The molecule has 1 N–H and O–H groups in total. The van der Waals surface area contributed by atoms with Crippen LogP contribution < -0.4 is 10.1 Å². The monoisotopic (exact) mass is 460 g/mol. The highest BCUT2D eigenvalue weighted by molar-refractivity contribution is 7.22. The fraction of sp³-hybridized carbons (Fsp3) is 0.158. The number of carbonyl (C=O) groups is 1. The average molecular weight is 461 g/mol. The number of nitrogens with one attached hydrogen (secondary N) is 1. The second-order valence-corrected chi connectivity index (χ2v) is 7.99. The summed E-state index contributed by atoms with van der Waals surface area (Å²) in [5, 5.41) is 3.59. The second kappa shape index (κ2) is 8.10. The number of hydrogen-bond donors (Lipinski definition) is 1. The number of rotatable bonds is 4. The van der Waals surface area contributed by atoms with E-state index in [0.717, 1.165) is 5.69 Å². The minimum atomic E-state index is -0.386. The predicted octanol–water partition coefficient (Wildman–Crippen LogP) is 4.73. The first-order chi connectivity index (χ1) is 14.4. The zero-order chi connectivity index (χ0) is 21.4. The van der Waals surface area contributed by atoms with E-state index in [-0.39, 0.29) is 16.3 Å². The largest absolute Gasteiger partial charge is 0.494 e. The van der Waals surface area contributed by atoms with Gasteiger partial charge in [0.2, 0.25) is 5.28 Å². The number of aryl methyl sites for hydroxylation is 2. The van der Waals surface area contributed by atoms with Gasteiger partial charge in [-0.25, -0.2) is 19.9 Å². The number of ether oxygens (including phenoxy) is 1. The molecule has 152 valence electrons. The Morgan fingerprint density at radius 2 is 1.87 bits per heavy atom. The van der Waals surface area contributed by atoms with Crippen LogP contribution in [-0.2, 0) is 0 Å². The van der Waals surface area contributed by atoms with Gasteiger partial charge in [0.25, 0.3) is 5.91 Å². The molecule has 0 radical (unpaired) electrons. The lowest BCUT2D eigenvalue weighted by Crippen LogP contribution is -2.14. The number of hydrogen-bond acceptors (Lipinski definition) is 8. The van der Waals surface area contributed by atoms with Crippen LogP contribution >= 0.6 is 34.5 Å². The van der Waals surface area contributed by atoms with E-state index >= 15 is 0 Å². The molecule has 4 rings (SSSR count). The summed E-state index contributed by atoms with van der Waals surface area (Å²) in [5.41, 5.74) is 3.53. The molecule has 11 heteroatoms. The number of halogens is 2. The molecule has 4 aromatic rings. The van der Waals surface area contributed by atoms with Gasteiger partial charge in [0.1, 0.15) is 16.4 Å². The summed E-state index contributed by atoms with van der Waals surface area (Å²) in [5.74, 6) is 0.0998. The van der Waals surface area contributed by atoms with Crippen LogP contribution in [0.5, 0.6) is 5.75 Å². The lowest BCUT2D eigenvalue weighted by Gasteiger charge is -2.13. The zero-order valence-corrected chi connectivity index (χ0v) is 18.4. The molecule has 0 aliphatic heterocycles. The molecule has 4 heterocycles. The molecule has 0 saturated heterocycles. The summed E-state index contributed by atoms with van der Waals surface area (Å²) >= 11 is 13.2. The molecule has 0 bridgehead atoms. The van der Waals surface area contributed by atoms with Gasteiger partial charge in [-0.2, -0.15) is 0 Å². The van der Waals surface area contributed by atoms with Crippen LogP contribution in [0.1, 0.15) is 21.7 Å². The van der Waals surface area contributed by atoms with Crippen molar-refractivity contribution in [3.63, 3.8) is 0 Å². The maximum absolute atomic E-state index is 13.1. The second-order valence-electron chi connectivity index (χ2n) is 6.28. The lowest BCUT2D eigenvalue weighted by atomic mass is 10.0. The smallest absolute Gasteiger partial charge is 0.259 e. The molecule has 1 amide bonds. The summed E-state index contributed by atoms with van der Waals surface area (Å²) in [6.45, 7) is 3.61. The van der Waals surface area contributed by atoms with Crippen LogP contribution in [0.25, 0.3) is 21.5 Å². The van der Waals surface area contributed by atoms with Gasteiger partial charge in [-0.15, -0.1) is 0 Å². The number of aromatic nitrogens is 5. The van der Waals surface area contributed by atoms with E-state index in [1.807, 2.05) is 6.92 Å². The Kier molecular flexibility index (Phi) is 5.50. The van der Waals surface area contributed by atoms with Crippen molar-refractivity contribution in [2.75, 3.05) is 12.4 Å². The van der Waals surface area contributed by atoms with Gasteiger partial charge in [-0.1, -0.05) is 22.9 Å². The highest BCUT2D eigenvalue weighted by Gasteiger charge is 2.20. The summed E-state index contributed by atoms with van der Waals surface area (Å²) in [6.07, 6.45) is 3.01. The van der Waals surface area contributed by atoms with Gasteiger partial charge in [-0.3, -0.25) is 15.1 Å². The molecule has 0 aromatic carbocycles. The van der Waals surface area contributed by atoms with Gasteiger partial charge in [0.15, 0.2) is 9.96 Å². The topological polar surface area (TPSA) is 103 Å². The first kappa shape index (κ1) is 20.4. The van der Waals surface area contributed by atoms with Crippen molar-refractivity contribution < 1.29 is 9.53 Å². The maximum atomic E-state index is 13.1. The number of anilines is 1. The third kappa shape index (κ3) is 3.91. The van der Waals surface area contributed by atoms with E-state index in [1.54, 1.807) is 19.1 Å². The van der Waals surface area contributed by atoms with Crippen molar-refractivity contribution in [1.82, 2.24) is 24.9 Å². The Balaban J connectivity index is 1.76. The quantitative estimate of drug-likeness (QED) is 0.346. The molecule has 0 aliphatic rings. The van der Waals surface area contributed by atoms with Crippen LogP contribution in [0.15, 0.2) is 24.5 Å². The van der Waals surface area contributed by atoms with Crippen molar-refractivity contribution in [3.05, 3.63) is 51.9 Å². The van der Waals surface area contributed by atoms with Gasteiger partial charge >= 0.3 is 0 Å². The standard InChI is InChI=1S/C19H14Cl2N6O2S/c1-8-4-10(11-5-14(20)23-7-13(11)29-3)12(6-22-8)16(28)26-19-25-15-9(2)24-18(21)27-17(15)30-19/h4-7H,1-3H3,(H,25,26,28). The molecular weight excluding hydrogens is 447 g/mol. The fourth-order valence-corrected chi connectivity index (χ4v) is 4.20. The zero-order valence-electron chi connectivity index (χ0n) is 16.0. The van der Waals surface area contributed by atoms with Crippen LogP contribution in [0.4, 0.5) is 5.13 Å². The molecule has 4 aromatic heterocycles. The molecule has 0 fully saturated rings. The summed E-state index contributed by atoms with van der Waals surface area (Å²) in [7, 11) is 1.53. The van der Waals surface area contributed by atoms with Gasteiger partial charge < -0.3 is 4.74 Å². The Morgan fingerprint density at radius 3 is 2.63 bits per heavy atom. The predicted molar refractivity (Wildman–Crippen MR) is 117 cm³/mol. The van der Waals surface area contributed by atoms with E-state index in [1.165, 1.54) is 30.8 Å². The Morgan fingerprint density at radius 1 is 1.07 bits per heavy atom. The molecule has 30 heavy (non-hydrogen) atoms. The Hall–Kier alpha value is -2.88. The number of amides is 1. The third-order valence-corrected chi connectivity index (χ3v) is 5.50. The highest BCUT2D eigenvalue weighted by Crippen LogP contribution is 2.34. The molecule has 8 nitrogen and oxygen atoms in total. The molecular formula is C19H14Cl2N6O2S. The maximum Gasteiger partial charge on any atom is 0.259 e. The van der Waals surface area contributed by atoms with Crippen molar-refractivity contribution in [2.45, 2.75) is 13.8 Å². The number of nitrogens with zero attached hydrogens (tertiary/aromatic N) is 5. The molecule has 0 atom stereocenters. The van der Waals surface area contributed by atoms with Crippen molar-refractivity contribution in [1.29, 1.82) is 0 Å². The molecule has 0 spiro atoms. The van der Waals surface area contributed by atoms with Gasteiger partial charge in [0, 0.05) is 23.0 Å². The summed E-state index contributed by atoms with van der Waals surface area (Å²) in [4.78, 5) is 34.6. The van der Waals surface area contributed by atoms with Crippen LogP contribution in [0.2, 0.25) is 10.4 Å². The van der Waals surface area contributed by atoms with Crippen LogP contribution in [-0.4, -0.2) is 37.9 Å². The van der Waals surface area contributed by atoms with Crippen molar-refractivity contribution >= 4 is 55.9 Å². The number of thiazole rings is 1. The summed E-state index contributed by atoms with van der Waals surface area (Å²) in [6, 6.07) is 3.43. The van der Waals surface area contributed by atoms with E-state index in [4.69, 9.17) is 27.9 Å². The highest BCUT2D eigenvalue weighted by atomic mass is 35.5.